The molecule has 0 aliphatic heterocycles. The lowest BCUT2D eigenvalue weighted by Crippen LogP contribution is -2.25. The molecule has 1 atom stereocenters. The summed E-state index contributed by atoms with van der Waals surface area (Å²) in [5.74, 6) is 0. The van der Waals surface area contributed by atoms with Crippen LogP contribution < -0.4 is 10.6 Å². The van der Waals surface area contributed by atoms with Crippen LogP contribution in [0.2, 0.25) is 0 Å². The molecule has 0 aromatic heterocycles. The van der Waals surface area contributed by atoms with Gasteiger partial charge in [0.1, 0.15) is 0 Å². The van der Waals surface area contributed by atoms with E-state index in [0.29, 0.717) is 6.04 Å². The number of benzene rings is 1. The number of hydrogen-bond donors (Lipinski definition) is 2. The van der Waals surface area contributed by atoms with Gasteiger partial charge in [-0.3, -0.25) is 0 Å². The second kappa shape index (κ2) is 6.25. The maximum absolute atomic E-state index is 3.98. The van der Waals surface area contributed by atoms with Crippen molar-refractivity contribution < 1.29 is 0 Å². The molecule has 0 heterocycles. The normalized spacial score (nSPS) is 12.1. The Labute approximate surface area is 92.4 Å². The first-order valence-electron chi connectivity index (χ1n) is 5.41. The monoisotopic (exact) mass is 204 g/mol. The van der Waals surface area contributed by atoms with E-state index in [1.165, 1.54) is 5.56 Å². The fraction of sp³-hybridized carbons (Fsp3) is 0.385. The van der Waals surface area contributed by atoms with Gasteiger partial charge in [0.25, 0.3) is 0 Å². The topological polar surface area (TPSA) is 24.1 Å². The highest BCUT2D eigenvalue weighted by atomic mass is 15.0. The van der Waals surface area contributed by atoms with E-state index in [0.717, 1.165) is 18.7 Å². The lowest BCUT2D eigenvalue weighted by molar-refractivity contribution is 0.566. The molecule has 1 aromatic carbocycles. The van der Waals surface area contributed by atoms with Gasteiger partial charge < -0.3 is 10.6 Å². The second-order valence-electron chi connectivity index (χ2n) is 3.65. The van der Waals surface area contributed by atoms with E-state index >= 15 is 0 Å². The highest BCUT2D eigenvalue weighted by Crippen LogP contribution is 2.16. The summed E-state index contributed by atoms with van der Waals surface area (Å²) in [5.41, 5.74) is 2.35. The van der Waals surface area contributed by atoms with Crippen molar-refractivity contribution in [2.75, 3.05) is 13.6 Å². The molecule has 2 heteroatoms. The molecule has 1 unspecified atom stereocenters. The SMILES string of the molecule is C=C(CNC)NC(CC)c1ccccc1. The van der Waals surface area contributed by atoms with Gasteiger partial charge >= 0.3 is 0 Å². The third-order valence-corrected chi connectivity index (χ3v) is 2.38. The molecule has 0 saturated heterocycles. The second-order valence-corrected chi connectivity index (χ2v) is 3.65. The summed E-state index contributed by atoms with van der Waals surface area (Å²) >= 11 is 0. The smallest absolute Gasteiger partial charge is 0.0508 e. The Balaban J connectivity index is 2.61. The standard InChI is InChI=1S/C13H20N2/c1-4-13(15-11(2)10-14-3)12-8-6-5-7-9-12/h5-9,13-15H,2,4,10H2,1,3H3. The molecular weight excluding hydrogens is 184 g/mol. The maximum Gasteiger partial charge on any atom is 0.0508 e. The van der Waals surface area contributed by atoms with Gasteiger partial charge in [0.15, 0.2) is 0 Å². The fourth-order valence-corrected chi connectivity index (χ4v) is 1.62. The van der Waals surface area contributed by atoms with E-state index in [1.807, 2.05) is 13.1 Å². The average molecular weight is 204 g/mol. The summed E-state index contributed by atoms with van der Waals surface area (Å²) in [7, 11) is 1.93. The van der Waals surface area contributed by atoms with Gasteiger partial charge in [0, 0.05) is 12.2 Å². The Bertz CT molecular complexity index is 293. The summed E-state index contributed by atoms with van der Waals surface area (Å²) in [4.78, 5) is 0. The van der Waals surface area contributed by atoms with Crippen molar-refractivity contribution in [3.63, 3.8) is 0 Å². The fourth-order valence-electron chi connectivity index (χ4n) is 1.62. The van der Waals surface area contributed by atoms with Crippen LogP contribution in [0.5, 0.6) is 0 Å². The number of likely N-dealkylation sites (N-methyl/N-ethyl adjacent to an activating group) is 1. The van der Waals surface area contributed by atoms with E-state index in [9.17, 15) is 0 Å². The first-order chi connectivity index (χ1) is 7.27. The molecular formula is C13H20N2. The highest BCUT2D eigenvalue weighted by Gasteiger charge is 2.07. The Morgan fingerprint density at radius 1 is 1.33 bits per heavy atom. The number of hydrogen-bond acceptors (Lipinski definition) is 2. The molecule has 0 bridgehead atoms. The Morgan fingerprint density at radius 2 is 2.00 bits per heavy atom. The van der Waals surface area contributed by atoms with Gasteiger partial charge in [-0.05, 0) is 19.0 Å². The quantitative estimate of drug-likeness (QED) is 0.744. The minimum atomic E-state index is 0.368. The van der Waals surface area contributed by atoms with Crippen molar-refractivity contribution in [3.8, 4) is 0 Å². The summed E-state index contributed by atoms with van der Waals surface area (Å²) < 4.78 is 0. The molecule has 0 spiro atoms. The van der Waals surface area contributed by atoms with Gasteiger partial charge in [-0.15, -0.1) is 0 Å². The molecule has 0 radical (unpaired) electrons. The zero-order valence-electron chi connectivity index (χ0n) is 9.59. The van der Waals surface area contributed by atoms with E-state index < -0.39 is 0 Å². The molecule has 0 aliphatic rings. The molecule has 0 saturated carbocycles. The summed E-state index contributed by atoms with van der Waals surface area (Å²) in [6.07, 6.45) is 1.06. The van der Waals surface area contributed by atoms with Gasteiger partial charge in [-0.1, -0.05) is 43.8 Å². The summed E-state index contributed by atoms with van der Waals surface area (Å²) in [5, 5.41) is 6.51. The Morgan fingerprint density at radius 3 is 2.53 bits per heavy atom. The first kappa shape index (κ1) is 11.8. The van der Waals surface area contributed by atoms with E-state index in [4.69, 9.17) is 0 Å². The average Bonchev–Trinajstić information content (AvgIpc) is 2.27. The van der Waals surface area contributed by atoms with Gasteiger partial charge in [-0.25, -0.2) is 0 Å². The van der Waals surface area contributed by atoms with E-state index in [2.05, 4.69) is 48.4 Å². The predicted molar refractivity (Wildman–Crippen MR) is 65.7 cm³/mol. The molecule has 0 aliphatic carbocycles. The zero-order valence-corrected chi connectivity index (χ0v) is 9.59. The van der Waals surface area contributed by atoms with E-state index in [1.54, 1.807) is 0 Å². The van der Waals surface area contributed by atoms with Crippen LogP contribution in [0.25, 0.3) is 0 Å². The third kappa shape index (κ3) is 3.76. The number of rotatable bonds is 6. The van der Waals surface area contributed by atoms with Crippen molar-refractivity contribution in [3.05, 3.63) is 48.2 Å². The number of nitrogens with one attached hydrogen (secondary N) is 2. The predicted octanol–water partition coefficient (Wildman–Crippen LogP) is 2.46. The minimum Gasteiger partial charge on any atom is -0.381 e. The highest BCUT2D eigenvalue weighted by molar-refractivity contribution is 5.20. The molecule has 0 fully saturated rings. The van der Waals surface area contributed by atoms with E-state index in [-0.39, 0.29) is 0 Å². The van der Waals surface area contributed by atoms with Crippen molar-refractivity contribution >= 4 is 0 Å². The van der Waals surface area contributed by atoms with Gasteiger partial charge in [0.05, 0.1) is 6.04 Å². The van der Waals surface area contributed by atoms with Crippen LogP contribution in [0.15, 0.2) is 42.6 Å². The van der Waals surface area contributed by atoms with Crippen molar-refractivity contribution in [1.29, 1.82) is 0 Å². The Kier molecular flexibility index (Phi) is 4.91. The molecule has 2 nitrogen and oxygen atoms in total. The van der Waals surface area contributed by atoms with Crippen LogP contribution in [0.3, 0.4) is 0 Å². The van der Waals surface area contributed by atoms with Gasteiger partial charge in [0.2, 0.25) is 0 Å². The van der Waals surface area contributed by atoms with Crippen molar-refractivity contribution in [2.24, 2.45) is 0 Å². The molecule has 1 aromatic rings. The van der Waals surface area contributed by atoms with Crippen LogP contribution in [0.4, 0.5) is 0 Å². The molecule has 0 amide bonds. The summed E-state index contributed by atoms with van der Waals surface area (Å²) in [6.45, 7) is 6.97. The first-order valence-corrected chi connectivity index (χ1v) is 5.41. The maximum atomic E-state index is 3.98. The molecule has 2 N–H and O–H groups in total. The van der Waals surface area contributed by atoms with Gasteiger partial charge in [-0.2, -0.15) is 0 Å². The minimum absolute atomic E-state index is 0.368. The third-order valence-electron chi connectivity index (χ3n) is 2.38. The largest absolute Gasteiger partial charge is 0.381 e. The van der Waals surface area contributed by atoms with Crippen LogP contribution in [-0.2, 0) is 0 Å². The van der Waals surface area contributed by atoms with Crippen LogP contribution in [0, 0.1) is 0 Å². The van der Waals surface area contributed by atoms with Crippen LogP contribution in [-0.4, -0.2) is 13.6 Å². The lowest BCUT2D eigenvalue weighted by Gasteiger charge is -2.20. The molecule has 82 valence electrons. The molecule has 1 rings (SSSR count). The molecule has 15 heavy (non-hydrogen) atoms. The Hall–Kier alpha value is -1.28. The lowest BCUT2D eigenvalue weighted by atomic mass is 10.0. The zero-order chi connectivity index (χ0) is 11.1. The summed E-state index contributed by atoms with van der Waals surface area (Å²) in [6, 6.07) is 10.8. The van der Waals surface area contributed by atoms with Crippen molar-refractivity contribution in [2.45, 2.75) is 19.4 Å². The van der Waals surface area contributed by atoms with Crippen LogP contribution in [0.1, 0.15) is 24.9 Å². The van der Waals surface area contributed by atoms with Crippen LogP contribution >= 0.6 is 0 Å². The van der Waals surface area contributed by atoms with Crippen molar-refractivity contribution in [1.82, 2.24) is 10.6 Å².